The van der Waals surface area contributed by atoms with Gasteiger partial charge in [0, 0.05) is 22.5 Å². The number of hydrogen-bond acceptors (Lipinski definition) is 5. The van der Waals surface area contributed by atoms with E-state index in [0.717, 1.165) is 5.56 Å². The van der Waals surface area contributed by atoms with E-state index < -0.39 is 0 Å². The second-order valence-electron chi connectivity index (χ2n) is 5.91. The first kappa shape index (κ1) is 19.9. The highest BCUT2D eigenvalue weighted by Gasteiger charge is 2.11. The first-order valence-electron chi connectivity index (χ1n) is 8.44. The molecular formula is C20H18ClN3O3S. The van der Waals surface area contributed by atoms with Crippen LogP contribution < -0.4 is 15.4 Å². The molecule has 0 aliphatic carbocycles. The number of halogens is 1. The molecule has 2 aromatic carbocycles. The number of hydrogen-bond donors (Lipinski definition) is 2. The van der Waals surface area contributed by atoms with E-state index in [1.807, 2.05) is 12.1 Å². The summed E-state index contributed by atoms with van der Waals surface area (Å²) in [6.45, 7) is 0.418. The Bertz CT molecular complexity index is 956. The Hall–Kier alpha value is -2.90. The molecule has 3 rings (SSSR count). The highest BCUT2D eigenvalue weighted by Crippen LogP contribution is 2.18. The normalized spacial score (nSPS) is 10.4. The number of carbonyl (C=O) groups excluding carboxylic acids is 2. The van der Waals surface area contributed by atoms with Gasteiger partial charge in [0.15, 0.2) is 5.13 Å². The minimum atomic E-state index is -0.268. The van der Waals surface area contributed by atoms with Crippen LogP contribution in [-0.4, -0.2) is 23.9 Å². The molecular weight excluding hydrogens is 398 g/mol. The Labute approximate surface area is 171 Å². The summed E-state index contributed by atoms with van der Waals surface area (Å²) in [6.07, 6.45) is 0.141. The Balaban J connectivity index is 1.50. The number of rotatable bonds is 7. The van der Waals surface area contributed by atoms with Crippen LogP contribution in [0.2, 0.25) is 5.02 Å². The summed E-state index contributed by atoms with van der Waals surface area (Å²) in [7, 11) is 1.57. The van der Waals surface area contributed by atoms with Gasteiger partial charge in [-0.2, -0.15) is 0 Å². The number of carbonyl (C=O) groups is 2. The van der Waals surface area contributed by atoms with Crippen LogP contribution in [0.3, 0.4) is 0 Å². The zero-order valence-electron chi connectivity index (χ0n) is 15.1. The highest BCUT2D eigenvalue weighted by molar-refractivity contribution is 7.14. The standard InChI is InChI=1S/C20H18ClN3O3S/c1-27-17-8-4-14(5-9-17)19(26)24-20-23-16(12-28-20)10-18(25)22-11-13-2-6-15(21)7-3-13/h2-9,12H,10-11H2,1H3,(H,22,25)(H,23,24,26). The Kier molecular flexibility index (Phi) is 6.62. The van der Waals surface area contributed by atoms with Gasteiger partial charge in [-0.05, 0) is 42.0 Å². The van der Waals surface area contributed by atoms with Gasteiger partial charge in [-0.25, -0.2) is 4.98 Å². The van der Waals surface area contributed by atoms with Gasteiger partial charge in [0.05, 0.1) is 19.2 Å². The highest BCUT2D eigenvalue weighted by atomic mass is 35.5. The molecule has 0 radical (unpaired) electrons. The van der Waals surface area contributed by atoms with Gasteiger partial charge in [0.25, 0.3) is 5.91 Å². The Morgan fingerprint density at radius 2 is 1.82 bits per heavy atom. The molecule has 6 nitrogen and oxygen atoms in total. The number of thiazole rings is 1. The number of amides is 2. The average molecular weight is 416 g/mol. The fourth-order valence-corrected chi connectivity index (χ4v) is 3.22. The lowest BCUT2D eigenvalue weighted by Gasteiger charge is -2.04. The van der Waals surface area contributed by atoms with Crippen LogP contribution in [0, 0.1) is 0 Å². The summed E-state index contributed by atoms with van der Waals surface area (Å²) < 4.78 is 5.08. The maximum atomic E-state index is 12.3. The molecule has 0 atom stereocenters. The third-order valence-electron chi connectivity index (χ3n) is 3.87. The minimum absolute atomic E-state index is 0.141. The SMILES string of the molecule is COc1ccc(C(=O)Nc2nc(CC(=O)NCc3ccc(Cl)cc3)cs2)cc1. The number of ether oxygens (including phenoxy) is 1. The molecule has 0 bridgehead atoms. The first-order valence-corrected chi connectivity index (χ1v) is 9.70. The molecule has 0 aliphatic rings. The molecule has 0 saturated carbocycles. The summed E-state index contributed by atoms with van der Waals surface area (Å²) in [5.41, 5.74) is 2.06. The molecule has 8 heteroatoms. The van der Waals surface area contributed by atoms with E-state index in [2.05, 4.69) is 15.6 Å². The lowest BCUT2D eigenvalue weighted by molar-refractivity contribution is -0.120. The molecule has 2 N–H and O–H groups in total. The van der Waals surface area contributed by atoms with E-state index in [-0.39, 0.29) is 18.2 Å². The minimum Gasteiger partial charge on any atom is -0.497 e. The maximum Gasteiger partial charge on any atom is 0.257 e. The van der Waals surface area contributed by atoms with Crippen molar-refractivity contribution >= 4 is 39.9 Å². The van der Waals surface area contributed by atoms with E-state index in [9.17, 15) is 9.59 Å². The van der Waals surface area contributed by atoms with Crippen molar-refractivity contribution in [1.82, 2.24) is 10.3 Å². The van der Waals surface area contributed by atoms with Crippen molar-refractivity contribution in [1.29, 1.82) is 0 Å². The third kappa shape index (κ3) is 5.55. The van der Waals surface area contributed by atoms with Gasteiger partial charge >= 0.3 is 0 Å². The number of nitrogens with one attached hydrogen (secondary N) is 2. The number of nitrogens with zero attached hydrogens (tertiary/aromatic N) is 1. The predicted molar refractivity (Wildman–Crippen MR) is 110 cm³/mol. The van der Waals surface area contributed by atoms with Crippen molar-refractivity contribution in [2.45, 2.75) is 13.0 Å². The molecule has 144 valence electrons. The topological polar surface area (TPSA) is 80.3 Å². The molecule has 3 aromatic rings. The Morgan fingerprint density at radius 3 is 2.50 bits per heavy atom. The molecule has 0 saturated heterocycles. The van der Waals surface area contributed by atoms with E-state index >= 15 is 0 Å². The van der Waals surface area contributed by atoms with Gasteiger partial charge in [-0.3, -0.25) is 14.9 Å². The summed E-state index contributed by atoms with van der Waals surface area (Å²) in [5.74, 6) is 0.265. The van der Waals surface area contributed by atoms with Crippen molar-refractivity contribution in [3.05, 3.63) is 75.8 Å². The maximum absolute atomic E-state index is 12.3. The average Bonchev–Trinajstić information content (AvgIpc) is 3.14. The summed E-state index contributed by atoms with van der Waals surface area (Å²) in [5, 5.41) is 8.43. The van der Waals surface area contributed by atoms with E-state index in [1.54, 1.807) is 48.9 Å². The van der Waals surface area contributed by atoms with Crippen LogP contribution in [0.15, 0.2) is 53.9 Å². The molecule has 0 aliphatic heterocycles. The predicted octanol–water partition coefficient (Wildman–Crippen LogP) is 3.92. The van der Waals surface area contributed by atoms with Crippen LogP contribution in [0.4, 0.5) is 5.13 Å². The van der Waals surface area contributed by atoms with Crippen LogP contribution in [-0.2, 0) is 17.8 Å². The quantitative estimate of drug-likeness (QED) is 0.613. The van der Waals surface area contributed by atoms with Crippen LogP contribution in [0.5, 0.6) is 5.75 Å². The van der Waals surface area contributed by atoms with Gasteiger partial charge in [0.1, 0.15) is 5.75 Å². The second-order valence-corrected chi connectivity index (χ2v) is 7.20. The Morgan fingerprint density at radius 1 is 1.11 bits per heavy atom. The molecule has 1 heterocycles. The van der Waals surface area contributed by atoms with Crippen molar-refractivity contribution < 1.29 is 14.3 Å². The van der Waals surface area contributed by atoms with Gasteiger partial charge < -0.3 is 10.1 Å². The lowest BCUT2D eigenvalue weighted by Crippen LogP contribution is -2.24. The summed E-state index contributed by atoms with van der Waals surface area (Å²) >= 11 is 7.12. The van der Waals surface area contributed by atoms with Crippen LogP contribution in [0.25, 0.3) is 0 Å². The monoisotopic (exact) mass is 415 g/mol. The molecule has 0 fully saturated rings. The molecule has 28 heavy (non-hydrogen) atoms. The molecule has 0 spiro atoms. The third-order valence-corrected chi connectivity index (χ3v) is 4.93. The van der Waals surface area contributed by atoms with Gasteiger partial charge in [-0.1, -0.05) is 23.7 Å². The summed E-state index contributed by atoms with van der Waals surface area (Å²) in [4.78, 5) is 28.6. The molecule has 0 unspecified atom stereocenters. The number of benzene rings is 2. The fraction of sp³-hybridized carbons (Fsp3) is 0.150. The van der Waals surface area contributed by atoms with E-state index in [0.29, 0.717) is 33.7 Å². The first-order chi connectivity index (χ1) is 13.5. The van der Waals surface area contributed by atoms with Crippen molar-refractivity contribution in [3.8, 4) is 5.75 Å². The van der Waals surface area contributed by atoms with Gasteiger partial charge in [-0.15, -0.1) is 11.3 Å². The smallest absolute Gasteiger partial charge is 0.257 e. The second kappa shape index (κ2) is 9.34. The van der Waals surface area contributed by atoms with E-state index in [4.69, 9.17) is 16.3 Å². The zero-order chi connectivity index (χ0) is 19.9. The molecule has 2 amide bonds. The number of methoxy groups -OCH3 is 1. The van der Waals surface area contributed by atoms with Crippen molar-refractivity contribution in [2.24, 2.45) is 0 Å². The zero-order valence-corrected chi connectivity index (χ0v) is 16.6. The van der Waals surface area contributed by atoms with Gasteiger partial charge in [0.2, 0.25) is 5.91 Å². The van der Waals surface area contributed by atoms with Crippen LogP contribution in [0.1, 0.15) is 21.6 Å². The van der Waals surface area contributed by atoms with Crippen molar-refractivity contribution in [3.63, 3.8) is 0 Å². The largest absolute Gasteiger partial charge is 0.497 e. The lowest BCUT2D eigenvalue weighted by atomic mass is 10.2. The van der Waals surface area contributed by atoms with E-state index in [1.165, 1.54) is 11.3 Å². The molecule has 1 aromatic heterocycles. The number of anilines is 1. The number of aromatic nitrogens is 1. The van der Waals surface area contributed by atoms with Crippen LogP contribution >= 0.6 is 22.9 Å². The van der Waals surface area contributed by atoms with Crippen molar-refractivity contribution in [2.75, 3.05) is 12.4 Å². The summed E-state index contributed by atoms with van der Waals surface area (Å²) in [6, 6.07) is 14.1. The fourth-order valence-electron chi connectivity index (χ4n) is 2.39.